The maximum Gasteiger partial charge on any atom is 0.303 e. The molecule has 0 aliphatic rings. The molecule has 90 valence electrons. The van der Waals surface area contributed by atoms with Crippen LogP contribution in [0.15, 0.2) is 0 Å². The molecule has 0 saturated heterocycles. The van der Waals surface area contributed by atoms with E-state index in [-0.39, 0.29) is 17.0 Å². The Morgan fingerprint density at radius 1 is 0.933 bits per heavy atom. The van der Waals surface area contributed by atoms with Crippen molar-refractivity contribution in [2.45, 2.75) is 59.7 Å². The predicted octanol–water partition coefficient (Wildman–Crippen LogP) is 2.78. The number of carbonyl (C=O) groups excluding carboxylic acids is 1. The Kier molecular flexibility index (Phi) is 3.97. The highest BCUT2D eigenvalue weighted by Gasteiger charge is 2.50. The second-order valence-corrected chi connectivity index (χ2v) is 5.44. The van der Waals surface area contributed by atoms with Gasteiger partial charge >= 0.3 is 5.97 Å². The molecule has 3 nitrogen and oxygen atoms in total. The smallest absolute Gasteiger partial charge is 0.303 e. The highest BCUT2D eigenvalue weighted by Crippen LogP contribution is 2.44. The van der Waals surface area contributed by atoms with E-state index < -0.39 is 5.60 Å². The first-order chi connectivity index (χ1) is 6.48. The van der Waals surface area contributed by atoms with Crippen LogP contribution in [-0.4, -0.2) is 24.3 Å². The minimum atomic E-state index is -0.571. The summed E-state index contributed by atoms with van der Waals surface area (Å²) >= 11 is 0. The van der Waals surface area contributed by atoms with Gasteiger partial charge < -0.3 is 9.47 Å². The second-order valence-electron chi connectivity index (χ2n) is 5.44. The van der Waals surface area contributed by atoms with Gasteiger partial charge in [0.1, 0.15) is 5.60 Å². The van der Waals surface area contributed by atoms with Crippen molar-refractivity contribution in [2.24, 2.45) is 5.41 Å². The number of methoxy groups -OCH3 is 1. The van der Waals surface area contributed by atoms with Gasteiger partial charge in [-0.15, -0.1) is 0 Å². The Labute approximate surface area is 93.1 Å². The SMILES string of the molecule is COC(C)(C)C(C)(C)C(C)(C)OC(C)=O. The monoisotopic (exact) mass is 216 g/mol. The molecule has 0 aromatic carbocycles. The van der Waals surface area contributed by atoms with Crippen LogP contribution >= 0.6 is 0 Å². The summed E-state index contributed by atoms with van der Waals surface area (Å²) < 4.78 is 10.9. The molecular weight excluding hydrogens is 192 g/mol. The molecule has 0 aromatic rings. The number of carbonyl (C=O) groups is 1. The summed E-state index contributed by atoms with van der Waals surface area (Å²) in [5.41, 5.74) is -1.23. The summed E-state index contributed by atoms with van der Waals surface area (Å²) in [6.07, 6.45) is 0. The van der Waals surface area contributed by atoms with Crippen LogP contribution in [0, 0.1) is 5.41 Å². The summed E-state index contributed by atoms with van der Waals surface area (Å²) in [7, 11) is 1.67. The lowest BCUT2D eigenvalue weighted by Gasteiger charge is -2.49. The zero-order valence-electron chi connectivity index (χ0n) is 11.2. The first-order valence-corrected chi connectivity index (χ1v) is 5.22. The maximum atomic E-state index is 11.1. The molecule has 0 saturated carbocycles. The van der Waals surface area contributed by atoms with Gasteiger partial charge in [-0.1, -0.05) is 13.8 Å². The van der Waals surface area contributed by atoms with Crippen LogP contribution in [0.1, 0.15) is 48.5 Å². The largest absolute Gasteiger partial charge is 0.459 e. The fourth-order valence-corrected chi connectivity index (χ4v) is 1.47. The highest BCUT2D eigenvalue weighted by molar-refractivity contribution is 5.66. The molecule has 3 heteroatoms. The van der Waals surface area contributed by atoms with Gasteiger partial charge in [0, 0.05) is 19.4 Å². The van der Waals surface area contributed by atoms with Crippen molar-refractivity contribution >= 4 is 5.97 Å². The van der Waals surface area contributed by atoms with Gasteiger partial charge in [-0.2, -0.15) is 0 Å². The summed E-state index contributed by atoms with van der Waals surface area (Å²) in [6, 6.07) is 0. The minimum absolute atomic E-state index is 0.264. The minimum Gasteiger partial charge on any atom is -0.459 e. The standard InChI is InChI=1S/C12H24O3/c1-9(13)15-12(6,7)10(2,3)11(4,5)14-8/h1-8H3. The highest BCUT2D eigenvalue weighted by atomic mass is 16.6. The zero-order valence-corrected chi connectivity index (χ0v) is 11.2. The van der Waals surface area contributed by atoms with Crippen LogP contribution in [0.4, 0.5) is 0 Å². The molecule has 0 radical (unpaired) electrons. The summed E-state index contributed by atoms with van der Waals surface area (Å²) in [5.74, 6) is -0.264. The lowest BCUT2D eigenvalue weighted by atomic mass is 9.66. The van der Waals surface area contributed by atoms with Gasteiger partial charge in [0.15, 0.2) is 0 Å². The fraction of sp³-hybridized carbons (Fsp3) is 0.917. The molecule has 15 heavy (non-hydrogen) atoms. The van der Waals surface area contributed by atoms with E-state index in [1.807, 2.05) is 41.5 Å². The van der Waals surface area contributed by atoms with Gasteiger partial charge in [-0.05, 0) is 27.7 Å². The average Bonchev–Trinajstić information content (AvgIpc) is 2.01. The molecule has 0 fully saturated rings. The van der Waals surface area contributed by atoms with Gasteiger partial charge in [0.25, 0.3) is 0 Å². The first-order valence-electron chi connectivity index (χ1n) is 5.22. The lowest BCUT2D eigenvalue weighted by molar-refractivity contribution is -0.195. The molecule has 0 aromatic heterocycles. The molecule has 0 spiro atoms. The zero-order chi connectivity index (χ0) is 12.5. The molecule has 0 rings (SSSR count). The van der Waals surface area contributed by atoms with Crippen molar-refractivity contribution in [3.63, 3.8) is 0 Å². The summed E-state index contributed by atoms with van der Waals surface area (Å²) in [4.78, 5) is 11.1. The Balaban J connectivity index is 5.08. The summed E-state index contributed by atoms with van der Waals surface area (Å²) in [6.45, 7) is 13.3. The van der Waals surface area contributed by atoms with E-state index in [0.29, 0.717) is 0 Å². The van der Waals surface area contributed by atoms with Crippen molar-refractivity contribution in [2.75, 3.05) is 7.11 Å². The van der Waals surface area contributed by atoms with Crippen molar-refractivity contribution in [1.29, 1.82) is 0 Å². The molecule has 0 aliphatic heterocycles. The molecule has 0 aliphatic carbocycles. The number of rotatable bonds is 4. The molecular formula is C12H24O3. The Hall–Kier alpha value is -0.570. The molecule has 0 heterocycles. The van der Waals surface area contributed by atoms with E-state index >= 15 is 0 Å². The third kappa shape index (κ3) is 2.71. The van der Waals surface area contributed by atoms with Gasteiger partial charge in [-0.3, -0.25) is 4.79 Å². The van der Waals surface area contributed by atoms with E-state index in [2.05, 4.69) is 0 Å². The first kappa shape index (κ1) is 14.4. The quantitative estimate of drug-likeness (QED) is 0.678. The van der Waals surface area contributed by atoms with E-state index in [1.54, 1.807) is 7.11 Å². The van der Waals surface area contributed by atoms with Gasteiger partial charge in [-0.25, -0.2) is 0 Å². The molecule has 0 amide bonds. The van der Waals surface area contributed by atoms with E-state index in [9.17, 15) is 4.79 Å². The fourth-order valence-electron chi connectivity index (χ4n) is 1.47. The van der Waals surface area contributed by atoms with Crippen molar-refractivity contribution in [1.82, 2.24) is 0 Å². The third-order valence-corrected chi connectivity index (χ3v) is 3.92. The maximum absolute atomic E-state index is 11.1. The van der Waals surface area contributed by atoms with Crippen molar-refractivity contribution in [3.8, 4) is 0 Å². The van der Waals surface area contributed by atoms with Crippen molar-refractivity contribution < 1.29 is 14.3 Å². The van der Waals surface area contributed by atoms with Crippen LogP contribution in [0.5, 0.6) is 0 Å². The van der Waals surface area contributed by atoms with Crippen molar-refractivity contribution in [3.05, 3.63) is 0 Å². The summed E-state index contributed by atoms with van der Waals surface area (Å²) in [5, 5.41) is 0. The molecule has 0 unspecified atom stereocenters. The molecule has 0 N–H and O–H groups in total. The number of hydrogen-bond donors (Lipinski definition) is 0. The van der Waals surface area contributed by atoms with Gasteiger partial charge in [0.05, 0.1) is 5.60 Å². The Morgan fingerprint density at radius 3 is 1.60 bits per heavy atom. The molecule has 0 atom stereocenters. The van der Waals surface area contributed by atoms with Crippen LogP contribution < -0.4 is 0 Å². The number of hydrogen-bond acceptors (Lipinski definition) is 3. The molecule has 0 bridgehead atoms. The normalized spacial score (nSPS) is 13.9. The van der Waals surface area contributed by atoms with Crippen LogP contribution in [-0.2, 0) is 14.3 Å². The Bertz CT molecular complexity index is 239. The van der Waals surface area contributed by atoms with Crippen LogP contribution in [0.3, 0.4) is 0 Å². The van der Waals surface area contributed by atoms with E-state index in [0.717, 1.165) is 0 Å². The van der Waals surface area contributed by atoms with Gasteiger partial charge in [0.2, 0.25) is 0 Å². The third-order valence-electron chi connectivity index (χ3n) is 3.92. The van der Waals surface area contributed by atoms with E-state index in [4.69, 9.17) is 9.47 Å². The van der Waals surface area contributed by atoms with E-state index in [1.165, 1.54) is 6.92 Å². The Morgan fingerprint density at radius 2 is 1.33 bits per heavy atom. The second kappa shape index (κ2) is 4.12. The van der Waals surface area contributed by atoms with Crippen LogP contribution in [0.2, 0.25) is 0 Å². The average molecular weight is 216 g/mol. The number of esters is 1. The predicted molar refractivity (Wildman–Crippen MR) is 60.7 cm³/mol. The lowest BCUT2D eigenvalue weighted by Crippen LogP contribution is -2.55. The topological polar surface area (TPSA) is 35.5 Å². The van der Waals surface area contributed by atoms with Crippen LogP contribution in [0.25, 0.3) is 0 Å². The number of ether oxygens (including phenoxy) is 2.